The number of ether oxygens (including phenoxy) is 1. The number of benzene rings is 1. The van der Waals surface area contributed by atoms with E-state index in [-0.39, 0.29) is 18.4 Å². The van der Waals surface area contributed by atoms with Crippen LogP contribution in [0, 0.1) is 4.91 Å². The molecule has 7 nitrogen and oxygen atoms in total. The highest BCUT2D eigenvalue weighted by Gasteiger charge is 2.31. The van der Waals surface area contributed by atoms with Crippen LogP contribution >= 0.6 is 23.5 Å². The zero-order valence-electron chi connectivity index (χ0n) is 16.1. The van der Waals surface area contributed by atoms with E-state index in [4.69, 9.17) is 16.3 Å². The second-order valence-electron chi connectivity index (χ2n) is 6.71. The molecule has 1 aromatic rings. The minimum absolute atomic E-state index is 0.0125. The van der Waals surface area contributed by atoms with Gasteiger partial charge in [0.05, 0.1) is 4.90 Å². The van der Waals surface area contributed by atoms with E-state index in [0.29, 0.717) is 43.2 Å². The summed E-state index contributed by atoms with van der Waals surface area (Å²) in [6.45, 7) is 3.33. The van der Waals surface area contributed by atoms with Crippen LogP contribution in [0.3, 0.4) is 0 Å². The Hall–Kier alpha value is -2.32. The molecule has 0 aromatic heterocycles. The van der Waals surface area contributed by atoms with Crippen molar-refractivity contribution in [3.63, 3.8) is 0 Å². The highest BCUT2D eigenvalue weighted by Crippen LogP contribution is 2.33. The zero-order valence-corrected chi connectivity index (χ0v) is 17.7. The molecule has 2 heterocycles. The summed E-state index contributed by atoms with van der Waals surface area (Å²) in [5.74, 6) is -0.116. The molecule has 2 amide bonds. The fourth-order valence-electron chi connectivity index (χ4n) is 3.17. The van der Waals surface area contributed by atoms with E-state index in [1.165, 1.54) is 0 Å². The number of nitroso groups, excluding NO2 is 1. The van der Waals surface area contributed by atoms with Gasteiger partial charge in [-0.2, -0.15) is 0 Å². The van der Waals surface area contributed by atoms with Gasteiger partial charge in [-0.1, -0.05) is 29.8 Å². The summed E-state index contributed by atoms with van der Waals surface area (Å²) in [5.41, 5.74) is 1.17. The Labute approximate surface area is 178 Å². The van der Waals surface area contributed by atoms with Gasteiger partial charge >= 0.3 is 6.09 Å². The van der Waals surface area contributed by atoms with Crippen molar-refractivity contribution in [3.8, 4) is 0 Å². The van der Waals surface area contributed by atoms with Gasteiger partial charge in [0.2, 0.25) is 5.91 Å². The van der Waals surface area contributed by atoms with E-state index >= 15 is 0 Å². The van der Waals surface area contributed by atoms with E-state index in [2.05, 4.69) is 5.32 Å². The first kappa shape index (κ1) is 21.4. The molecule has 9 heteroatoms. The number of hydrogen-bond donors (Lipinski definition) is 1. The van der Waals surface area contributed by atoms with E-state index in [0.717, 1.165) is 26.6 Å². The fourth-order valence-corrected chi connectivity index (χ4v) is 4.30. The quantitative estimate of drug-likeness (QED) is 0.566. The SMILES string of the molecule is CCNC(=O)OC1CCN(C(=O)C/C2=C/C=C\c3c(Cl)cccc3S[N+]2=O)CC1. The molecule has 0 atom stereocenters. The molecule has 0 radical (unpaired) electrons. The Morgan fingerprint density at radius 1 is 1.34 bits per heavy atom. The number of carbonyl (C=O) groups is 2. The summed E-state index contributed by atoms with van der Waals surface area (Å²) in [7, 11) is 0. The van der Waals surface area contributed by atoms with Gasteiger partial charge in [-0.25, -0.2) is 4.79 Å². The number of amides is 2. The van der Waals surface area contributed by atoms with Gasteiger partial charge in [-0.15, -0.1) is 0 Å². The van der Waals surface area contributed by atoms with Crippen LogP contribution < -0.4 is 5.32 Å². The number of carbonyl (C=O) groups excluding carboxylic acids is 2. The van der Waals surface area contributed by atoms with E-state index in [1.54, 1.807) is 29.2 Å². The number of nitrogens with zero attached hydrogens (tertiary/aromatic N) is 2. The standard InChI is InChI=1S/C20H22ClN3O4S/c1-2-22-20(26)28-15-9-11-23(12-10-15)19(25)13-14-5-3-6-16-17(21)7-4-8-18(16)29-24(14)27/h3-8,15H,2,9-13H2,1H3/p+1/b6-3-,14-5-. The first-order valence-electron chi connectivity index (χ1n) is 9.51. The number of halogens is 1. The van der Waals surface area contributed by atoms with Crippen molar-refractivity contribution < 1.29 is 18.5 Å². The van der Waals surface area contributed by atoms with Gasteiger partial charge in [0.1, 0.15) is 16.7 Å². The normalized spacial score (nSPS) is 20.0. The smallest absolute Gasteiger partial charge is 0.407 e. The second-order valence-corrected chi connectivity index (χ2v) is 8.07. The number of alkyl carbamates (subject to hydrolysis) is 1. The van der Waals surface area contributed by atoms with Crippen LogP contribution in [0.5, 0.6) is 0 Å². The summed E-state index contributed by atoms with van der Waals surface area (Å²) in [6, 6.07) is 5.39. The summed E-state index contributed by atoms with van der Waals surface area (Å²) < 4.78 is 6.08. The number of likely N-dealkylation sites (tertiary alicyclic amines) is 1. The van der Waals surface area contributed by atoms with E-state index < -0.39 is 6.09 Å². The monoisotopic (exact) mass is 436 g/mol. The third kappa shape index (κ3) is 5.61. The molecule has 3 rings (SSSR count). The fraction of sp³-hybridized carbons (Fsp3) is 0.400. The van der Waals surface area contributed by atoms with E-state index in [9.17, 15) is 14.5 Å². The number of nitrogens with one attached hydrogen (secondary N) is 1. The van der Waals surface area contributed by atoms with Crippen LogP contribution in [-0.2, 0) is 9.53 Å². The molecule has 1 fully saturated rings. The van der Waals surface area contributed by atoms with Crippen molar-refractivity contribution in [2.75, 3.05) is 19.6 Å². The lowest BCUT2D eigenvalue weighted by atomic mass is 10.1. The first-order chi connectivity index (χ1) is 14.0. The van der Waals surface area contributed by atoms with Crippen LogP contribution in [0.15, 0.2) is 40.9 Å². The minimum Gasteiger partial charge on any atom is -0.446 e. The summed E-state index contributed by atoms with van der Waals surface area (Å²) in [6.07, 6.45) is 5.79. The minimum atomic E-state index is -0.428. The van der Waals surface area contributed by atoms with Gasteiger partial charge in [-0.05, 0) is 19.1 Å². The topological polar surface area (TPSA) is 78.7 Å². The van der Waals surface area contributed by atoms with Crippen LogP contribution in [0.4, 0.5) is 4.79 Å². The van der Waals surface area contributed by atoms with Crippen LogP contribution in [0.2, 0.25) is 5.02 Å². The van der Waals surface area contributed by atoms with Gasteiger partial charge in [0, 0.05) is 54.0 Å². The van der Waals surface area contributed by atoms with Crippen molar-refractivity contribution in [1.82, 2.24) is 10.2 Å². The van der Waals surface area contributed by atoms with Crippen LogP contribution in [-0.4, -0.2) is 46.8 Å². The molecular weight excluding hydrogens is 414 g/mol. The van der Waals surface area contributed by atoms with Gasteiger partial charge in [0.25, 0.3) is 17.6 Å². The average Bonchev–Trinajstić information content (AvgIpc) is 2.68. The number of allylic oxidation sites excluding steroid dienone is 2. The molecule has 1 aromatic carbocycles. The molecule has 0 unspecified atom stereocenters. The van der Waals surface area contributed by atoms with E-state index in [1.807, 2.05) is 19.1 Å². The van der Waals surface area contributed by atoms with Gasteiger partial charge in [0.15, 0.2) is 0 Å². The highest BCUT2D eigenvalue weighted by molar-refractivity contribution is 7.93. The lowest BCUT2D eigenvalue weighted by Gasteiger charge is -2.31. The Balaban J connectivity index is 1.58. The molecule has 1 N–H and O–H groups in total. The molecule has 2 aliphatic heterocycles. The number of fused-ring (bicyclic) bond motifs is 1. The van der Waals surface area contributed by atoms with Crippen LogP contribution in [0.1, 0.15) is 31.7 Å². The number of hydrogen-bond acceptors (Lipinski definition) is 5. The van der Waals surface area contributed by atoms with Crippen LogP contribution in [0.25, 0.3) is 6.08 Å². The maximum absolute atomic E-state index is 12.7. The van der Waals surface area contributed by atoms with Crippen molar-refractivity contribution in [3.05, 3.63) is 51.5 Å². The van der Waals surface area contributed by atoms with Crippen molar-refractivity contribution in [2.24, 2.45) is 0 Å². The first-order valence-corrected chi connectivity index (χ1v) is 10.7. The molecule has 29 heavy (non-hydrogen) atoms. The third-order valence-corrected chi connectivity index (χ3v) is 5.98. The lowest BCUT2D eigenvalue weighted by Crippen LogP contribution is -2.42. The summed E-state index contributed by atoms with van der Waals surface area (Å²) in [4.78, 5) is 39.2. The Kier molecular flexibility index (Phi) is 7.33. The Morgan fingerprint density at radius 3 is 2.83 bits per heavy atom. The predicted octanol–water partition coefficient (Wildman–Crippen LogP) is 4.16. The lowest BCUT2D eigenvalue weighted by molar-refractivity contribution is -0.313. The van der Waals surface area contributed by atoms with Crippen molar-refractivity contribution in [1.29, 1.82) is 0 Å². The average molecular weight is 437 g/mol. The van der Waals surface area contributed by atoms with Crippen molar-refractivity contribution >= 4 is 41.6 Å². The van der Waals surface area contributed by atoms with Crippen molar-refractivity contribution in [2.45, 2.75) is 37.2 Å². The summed E-state index contributed by atoms with van der Waals surface area (Å²) >= 11 is 7.20. The molecular formula is C20H23ClN3O4S+. The van der Waals surface area contributed by atoms with Gasteiger partial charge < -0.3 is 15.0 Å². The highest BCUT2D eigenvalue weighted by atomic mass is 35.5. The molecule has 1 saturated heterocycles. The van der Waals surface area contributed by atoms with Gasteiger partial charge in [-0.3, -0.25) is 4.79 Å². The maximum atomic E-state index is 12.7. The predicted molar refractivity (Wildman–Crippen MR) is 112 cm³/mol. The summed E-state index contributed by atoms with van der Waals surface area (Å²) in [5, 5.41) is 3.18. The zero-order chi connectivity index (χ0) is 20.8. The largest absolute Gasteiger partial charge is 0.446 e. The molecule has 0 spiro atoms. The number of rotatable bonds is 4. The second kappa shape index (κ2) is 9.93. The number of piperidine rings is 1. The molecule has 0 saturated carbocycles. The molecule has 154 valence electrons. The Bertz CT molecular complexity index is 863. The Morgan fingerprint density at radius 2 is 2.10 bits per heavy atom. The maximum Gasteiger partial charge on any atom is 0.407 e. The molecule has 2 aliphatic rings. The molecule has 0 aliphatic carbocycles. The third-order valence-electron chi connectivity index (χ3n) is 4.70. The molecule has 0 bridgehead atoms.